The van der Waals surface area contributed by atoms with Gasteiger partial charge in [-0.05, 0) is 63.7 Å². The molecular weight excluding hydrogens is 767 g/mol. The Hall–Kier alpha value is -8.41. The SMILES string of the molecule is c1ccc(-c2nc(-c3ccc4c(c3)C(c3ccccc3)(c3ccccc3)c3ccccc3-4)nc(-n3c4ccccc4c4ccc5c6ccccc6n(-c6ccccc6)c5c43)n2)cc1. The van der Waals surface area contributed by atoms with Gasteiger partial charge in [0, 0.05) is 38.4 Å². The maximum Gasteiger partial charge on any atom is 0.238 e. The van der Waals surface area contributed by atoms with Crippen LogP contribution in [0.1, 0.15) is 22.3 Å². The minimum atomic E-state index is -0.564. The van der Waals surface area contributed by atoms with E-state index >= 15 is 0 Å². The lowest BCUT2D eigenvalue weighted by Crippen LogP contribution is -2.28. The van der Waals surface area contributed by atoms with E-state index in [9.17, 15) is 0 Å². The second kappa shape index (κ2) is 13.8. The second-order valence-corrected chi connectivity index (χ2v) is 16.3. The van der Waals surface area contributed by atoms with Crippen molar-refractivity contribution in [2.75, 3.05) is 0 Å². The first-order valence-corrected chi connectivity index (χ1v) is 21.5. The van der Waals surface area contributed by atoms with E-state index in [4.69, 9.17) is 15.0 Å². The summed E-state index contributed by atoms with van der Waals surface area (Å²) in [7, 11) is 0. The summed E-state index contributed by atoms with van der Waals surface area (Å²) in [6, 6.07) is 80.3. The normalized spacial score (nSPS) is 12.9. The highest BCUT2D eigenvalue weighted by molar-refractivity contribution is 6.23. The first kappa shape index (κ1) is 35.4. The molecule has 0 aliphatic heterocycles. The molecule has 0 radical (unpaired) electrons. The zero-order valence-corrected chi connectivity index (χ0v) is 34.1. The van der Waals surface area contributed by atoms with Gasteiger partial charge in [-0.15, -0.1) is 0 Å². The lowest BCUT2D eigenvalue weighted by atomic mass is 9.67. The summed E-state index contributed by atoms with van der Waals surface area (Å²) in [5.74, 6) is 1.77. The van der Waals surface area contributed by atoms with Crippen LogP contribution in [0.2, 0.25) is 0 Å². The molecule has 63 heavy (non-hydrogen) atoms. The highest BCUT2D eigenvalue weighted by Crippen LogP contribution is 2.56. The van der Waals surface area contributed by atoms with Crippen molar-refractivity contribution >= 4 is 43.6 Å². The molecule has 5 heteroatoms. The van der Waals surface area contributed by atoms with Gasteiger partial charge in [-0.2, -0.15) is 9.97 Å². The Labute approximate surface area is 363 Å². The summed E-state index contributed by atoms with van der Waals surface area (Å²) in [5.41, 5.74) is 14.0. The third kappa shape index (κ3) is 5.14. The average Bonchev–Trinajstić information content (AvgIpc) is 3.99. The van der Waals surface area contributed by atoms with Crippen LogP contribution < -0.4 is 0 Å². The minimum absolute atomic E-state index is 0.559. The fourth-order valence-electron chi connectivity index (χ4n) is 10.4. The molecule has 0 fully saturated rings. The number of hydrogen-bond donors (Lipinski definition) is 0. The lowest BCUT2D eigenvalue weighted by Gasteiger charge is -2.34. The average molecular weight is 804 g/mol. The molecule has 12 aromatic rings. The summed E-state index contributed by atoms with van der Waals surface area (Å²) in [4.78, 5) is 16.3. The molecule has 294 valence electrons. The standard InChI is InChI=1S/C58H37N5/c1-5-19-38(20-6-1)55-59-56(39-33-34-44-43-27-13-16-30-49(43)58(50(44)37-39,40-21-7-2-8-22-40)41-23-9-3-10-24-41)61-57(60-55)63-52-32-18-15-29-46(52)48-36-35-47-45-28-14-17-31-51(45)62(53(47)54(48)63)42-25-11-4-12-26-42/h1-37H. The maximum atomic E-state index is 5.53. The summed E-state index contributed by atoms with van der Waals surface area (Å²) >= 11 is 0. The topological polar surface area (TPSA) is 48.5 Å². The number of para-hydroxylation sites is 3. The Kier molecular flexibility index (Phi) is 7.75. The molecule has 0 amide bonds. The molecule has 1 aliphatic carbocycles. The summed E-state index contributed by atoms with van der Waals surface area (Å²) in [6.07, 6.45) is 0. The largest absolute Gasteiger partial charge is 0.307 e. The highest BCUT2D eigenvalue weighted by Gasteiger charge is 2.46. The van der Waals surface area contributed by atoms with Gasteiger partial charge in [0.05, 0.1) is 27.5 Å². The Morgan fingerprint density at radius 1 is 0.333 bits per heavy atom. The quantitative estimate of drug-likeness (QED) is 0.168. The van der Waals surface area contributed by atoms with Crippen molar-refractivity contribution in [1.82, 2.24) is 24.1 Å². The van der Waals surface area contributed by atoms with E-state index in [0.717, 1.165) is 49.7 Å². The number of aromatic nitrogens is 5. The van der Waals surface area contributed by atoms with Crippen molar-refractivity contribution in [3.8, 4) is 45.5 Å². The molecule has 0 saturated heterocycles. The maximum absolute atomic E-state index is 5.53. The van der Waals surface area contributed by atoms with Crippen molar-refractivity contribution in [2.45, 2.75) is 5.41 Å². The Morgan fingerprint density at radius 2 is 0.825 bits per heavy atom. The van der Waals surface area contributed by atoms with E-state index in [2.05, 4.69) is 215 Å². The molecule has 13 rings (SSSR count). The second-order valence-electron chi connectivity index (χ2n) is 16.3. The zero-order valence-electron chi connectivity index (χ0n) is 34.1. The molecule has 0 bridgehead atoms. The third-order valence-corrected chi connectivity index (χ3v) is 13.1. The summed E-state index contributed by atoms with van der Waals surface area (Å²) < 4.78 is 4.66. The van der Waals surface area contributed by atoms with Crippen LogP contribution in [-0.4, -0.2) is 24.1 Å². The van der Waals surface area contributed by atoms with Crippen LogP contribution in [0.3, 0.4) is 0 Å². The van der Waals surface area contributed by atoms with Crippen molar-refractivity contribution in [1.29, 1.82) is 0 Å². The van der Waals surface area contributed by atoms with Crippen molar-refractivity contribution in [2.24, 2.45) is 0 Å². The van der Waals surface area contributed by atoms with Crippen LogP contribution in [0, 0.1) is 0 Å². The predicted octanol–water partition coefficient (Wildman–Crippen LogP) is 13.8. The molecule has 3 heterocycles. The minimum Gasteiger partial charge on any atom is -0.307 e. The van der Waals surface area contributed by atoms with E-state index < -0.39 is 5.41 Å². The highest BCUT2D eigenvalue weighted by atomic mass is 15.2. The van der Waals surface area contributed by atoms with Crippen LogP contribution in [0.25, 0.3) is 89.2 Å². The van der Waals surface area contributed by atoms with E-state index in [-0.39, 0.29) is 0 Å². The van der Waals surface area contributed by atoms with Gasteiger partial charge < -0.3 is 4.57 Å². The molecule has 3 aromatic heterocycles. The Balaban J connectivity index is 1.13. The van der Waals surface area contributed by atoms with E-state index in [1.165, 1.54) is 44.2 Å². The molecule has 0 saturated carbocycles. The molecule has 0 atom stereocenters. The monoisotopic (exact) mass is 803 g/mol. The molecule has 0 unspecified atom stereocenters. The van der Waals surface area contributed by atoms with Gasteiger partial charge in [0.1, 0.15) is 0 Å². The van der Waals surface area contributed by atoms with Gasteiger partial charge in [-0.3, -0.25) is 4.57 Å². The van der Waals surface area contributed by atoms with Crippen molar-refractivity contribution < 1.29 is 0 Å². The van der Waals surface area contributed by atoms with Gasteiger partial charge in [-0.1, -0.05) is 194 Å². The van der Waals surface area contributed by atoms with E-state index in [1.807, 2.05) is 18.2 Å². The van der Waals surface area contributed by atoms with Gasteiger partial charge in [0.25, 0.3) is 0 Å². The fourth-order valence-corrected chi connectivity index (χ4v) is 10.4. The van der Waals surface area contributed by atoms with Crippen molar-refractivity contribution in [3.05, 3.63) is 247 Å². The summed E-state index contributed by atoms with van der Waals surface area (Å²) in [6.45, 7) is 0. The van der Waals surface area contributed by atoms with Crippen LogP contribution >= 0.6 is 0 Å². The Morgan fingerprint density at radius 3 is 1.48 bits per heavy atom. The van der Waals surface area contributed by atoms with Crippen LogP contribution in [0.5, 0.6) is 0 Å². The first-order valence-electron chi connectivity index (χ1n) is 21.5. The molecule has 1 aliphatic rings. The first-order chi connectivity index (χ1) is 31.3. The third-order valence-electron chi connectivity index (χ3n) is 13.1. The molecule has 5 nitrogen and oxygen atoms in total. The smallest absolute Gasteiger partial charge is 0.238 e. The van der Waals surface area contributed by atoms with Gasteiger partial charge in [0.2, 0.25) is 5.95 Å². The summed E-state index contributed by atoms with van der Waals surface area (Å²) in [5, 5.41) is 4.62. The molecule has 9 aromatic carbocycles. The van der Waals surface area contributed by atoms with Crippen molar-refractivity contribution in [3.63, 3.8) is 0 Å². The fraction of sp³-hybridized carbons (Fsp3) is 0.0172. The molecular formula is C58H37N5. The van der Waals surface area contributed by atoms with Gasteiger partial charge in [0.15, 0.2) is 11.6 Å². The number of hydrogen-bond acceptors (Lipinski definition) is 3. The van der Waals surface area contributed by atoms with E-state index in [1.54, 1.807) is 0 Å². The van der Waals surface area contributed by atoms with Crippen LogP contribution in [-0.2, 0) is 5.41 Å². The van der Waals surface area contributed by atoms with E-state index in [0.29, 0.717) is 17.6 Å². The Bertz CT molecular complexity index is 3680. The van der Waals surface area contributed by atoms with Gasteiger partial charge >= 0.3 is 0 Å². The predicted molar refractivity (Wildman–Crippen MR) is 257 cm³/mol. The molecule has 0 spiro atoms. The lowest BCUT2D eigenvalue weighted by molar-refractivity contribution is 0.768. The number of rotatable bonds is 6. The van der Waals surface area contributed by atoms with Crippen LogP contribution in [0.15, 0.2) is 224 Å². The molecule has 0 N–H and O–H groups in total. The number of nitrogens with zero attached hydrogens (tertiary/aromatic N) is 5. The number of fused-ring (bicyclic) bond motifs is 10. The zero-order chi connectivity index (χ0) is 41.5. The van der Waals surface area contributed by atoms with Gasteiger partial charge in [-0.25, -0.2) is 4.98 Å². The van der Waals surface area contributed by atoms with Crippen LogP contribution in [0.4, 0.5) is 0 Å². The number of benzene rings is 9.